The quantitative estimate of drug-likeness (QED) is 0.932. The van der Waals surface area contributed by atoms with Crippen LogP contribution in [0.15, 0.2) is 22.7 Å². The van der Waals surface area contributed by atoms with Crippen molar-refractivity contribution in [3.63, 3.8) is 0 Å². The summed E-state index contributed by atoms with van der Waals surface area (Å²) in [5.74, 6) is -1.04. The number of nitrogens with two attached hydrogens (primary N) is 1. The van der Waals surface area contributed by atoms with Gasteiger partial charge in [-0.25, -0.2) is 0 Å². The van der Waals surface area contributed by atoms with Crippen molar-refractivity contribution in [3.8, 4) is 5.75 Å². The monoisotopic (exact) mass is 297 g/mol. The maximum absolute atomic E-state index is 11.9. The molecular weight excluding hydrogens is 291 g/mol. The van der Waals surface area contributed by atoms with Gasteiger partial charge in [-0.15, -0.1) is 0 Å². The predicted octanol–water partition coefficient (Wildman–Crippen LogP) is 2.49. The third kappa shape index (κ3) is 3.73. The van der Waals surface area contributed by atoms with Gasteiger partial charge in [0.2, 0.25) is 0 Å². The smallest absolute Gasteiger partial charge is 0.422 e. The van der Waals surface area contributed by atoms with Crippen LogP contribution in [0, 0.1) is 0 Å². The molecular formula is C9H7BrF3NO2. The molecule has 1 amide bonds. The highest BCUT2D eigenvalue weighted by Gasteiger charge is 2.29. The lowest BCUT2D eigenvalue weighted by Crippen LogP contribution is -2.21. The van der Waals surface area contributed by atoms with Crippen molar-refractivity contribution in [2.75, 3.05) is 6.61 Å². The average Bonchev–Trinajstić information content (AvgIpc) is 2.14. The summed E-state index contributed by atoms with van der Waals surface area (Å²) in [5.41, 5.74) is 4.90. The van der Waals surface area contributed by atoms with Gasteiger partial charge in [-0.3, -0.25) is 4.79 Å². The second-order valence-electron chi connectivity index (χ2n) is 2.91. The first-order chi connectivity index (χ1) is 7.29. The minimum Gasteiger partial charge on any atom is -0.483 e. The molecule has 0 bridgehead atoms. The fourth-order valence-corrected chi connectivity index (χ4v) is 1.34. The van der Waals surface area contributed by atoms with Crippen LogP contribution >= 0.6 is 15.9 Å². The highest BCUT2D eigenvalue weighted by Crippen LogP contribution is 2.25. The summed E-state index contributed by atoms with van der Waals surface area (Å²) in [7, 11) is 0. The largest absolute Gasteiger partial charge is 0.483 e. The zero-order chi connectivity index (χ0) is 12.3. The van der Waals surface area contributed by atoms with E-state index in [1.807, 2.05) is 0 Å². The van der Waals surface area contributed by atoms with Gasteiger partial charge in [0.05, 0.1) is 5.56 Å². The molecule has 0 radical (unpaired) electrons. The molecule has 0 spiro atoms. The maximum atomic E-state index is 11.9. The summed E-state index contributed by atoms with van der Waals surface area (Å²) >= 11 is 3.07. The first-order valence-corrected chi connectivity index (χ1v) is 4.88. The van der Waals surface area contributed by atoms with Crippen LogP contribution in [0.5, 0.6) is 5.75 Å². The fourth-order valence-electron chi connectivity index (χ4n) is 0.980. The summed E-state index contributed by atoms with van der Waals surface area (Å²) in [6.07, 6.45) is -4.46. The van der Waals surface area contributed by atoms with Crippen LogP contribution in [0.1, 0.15) is 10.4 Å². The van der Waals surface area contributed by atoms with Gasteiger partial charge in [0.15, 0.2) is 6.61 Å². The van der Waals surface area contributed by atoms with Crippen LogP contribution in [0.3, 0.4) is 0 Å². The third-order valence-corrected chi connectivity index (χ3v) is 2.09. The lowest BCUT2D eigenvalue weighted by molar-refractivity contribution is -0.153. The number of carbonyl (C=O) groups is 1. The van der Waals surface area contributed by atoms with E-state index < -0.39 is 18.7 Å². The Kier molecular flexibility index (Phi) is 3.79. The molecule has 2 N–H and O–H groups in total. The number of primary amides is 1. The van der Waals surface area contributed by atoms with E-state index in [9.17, 15) is 18.0 Å². The normalized spacial score (nSPS) is 11.2. The van der Waals surface area contributed by atoms with E-state index in [2.05, 4.69) is 20.7 Å². The number of benzene rings is 1. The van der Waals surface area contributed by atoms with Crippen molar-refractivity contribution in [1.29, 1.82) is 0 Å². The number of alkyl halides is 3. The summed E-state index contributed by atoms with van der Waals surface area (Å²) in [5, 5.41) is 0. The molecule has 88 valence electrons. The first kappa shape index (κ1) is 12.8. The molecule has 0 aliphatic heterocycles. The Balaban J connectivity index is 2.91. The van der Waals surface area contributed by atoms with Gasteiger partial charge in [-0.2, -0.15) is 13.2 Å². The van der Waals surface area contributed by atoms with Crippen molar-refractivity contribution < 1.29 is 22.7 Å². The molecule has 7 heteroatoms. The molecule has 0 saturated heterocycles. The molecule has 0 aliphatic carbocycles. The summed E-state index contributed by atoms with van der Waals surface area (Å²) in [6.45, 7) is -1.46. The van der Waals surface area contributed by atoms with Crippen molar-refractivity contribution in [2.24, 2.45) is 5.73 Å². The zero-order valence-corrected chi connectivity index (χ0v) is 9.43. The van der Waals surface area contributed by atoms with E-state index >= 15 is 0 Å². The Morgan fingerprint density at radius 1 is 1.44 bits per heavy atom. The van der Waals surface area contributed by atoms with Crippen molar-refractivity contribution in [3.05, 3.63) is 28.2 Å². The Labute approximate surface area is 97.5 Å². The molecule has 0 aliphatic rings. The van der Waals surface area contributed by atoms with E-state index in [1.165, 1.54) is 18.2 Å². The Bertz CT molecular complexity index is 406. The average molecular weight is 298 g/mol. The molecule has 0 saturated carbocycles. The van der Waals surface area contributed by atoms with E-state index in [4.69, 9.17) is 5.73 Å². The third-order valence-electron chi connectivity index (χ3n) is 1.60. The summed E-state index contributed by atoms with van der Waals surface area (Å²) < 4.78 is 40.7. The standard InChI is InChI=1S/C9H7BrF3NO2/c10-5-1-2-7(6(3-5)8(14)15)16-4-9(11,12)13/h1-3H,4H2,(H2,14,15). The van der Waals surface area contributed by atoms with Crippen LogP contribution in [0.2, 0.25) is 0 Å². The lowest BCUT2D eigenvalue weighted by atomic mass is 10.2. The molecule has 0 heterocycles. The van der Waals surface area contributed by atoms with Crippen LogP contribution in [-0.4, -0.2) is 18.7 Å². The van der Waals surface area contributed by atoms with E-state index in [-0.39, 0.29) is 11.3 Å². The molecule has 0 fully saturated rings. The summed E-state index contributed by atoms with van der Waals surface area (Å²) in [4.78, 5) is 10.9. The number of carbonyl (C=O) groups excluding carboxylic acids is 1. The molecule has 0 atom stereocenters. The van der Waals surface area contributed by atoms with Crippen molar-refractivity contribution >= 4 is 21.8 Å². The molecule has 3 nitrogen and oxygen atoms in total. The minimum atomic E-state index is -4.46. The van der Waals surface area contributed by atoms with Gasteiger partial charge in [0, 0.05) is 4.47 Å². The van der Waals surface area contributed by atoms with Gasteiger partial charge < -0.3 is 10.5 Å². The lowest BCUT2D eigenvalue weighted by Gasteiger charge is -2.11. The Morgan fingerprint density at radius 3 is 2.56 bits per heavy atom. The minimum absolute atomic E-state index is 0.0985. The second kappa shape index (κ2) is 4.73. The van der Waals surface area contributed by atoms with E-state index in [0.29, 0.717) is 4.47 Å². The van der Waals surface area contributed by atoms with E-state index in [1.54, 1.807) is 0 Å². The SMILES string of the molecule is NC(=O)c1cc(Br)ccc1OCC(F)(F)F. The maximum Gasteiger partial charge on any atom is 0.422 e. The van der Waals surface area contributed by atoms with Crippen molar-refractivity contribution in [1.82, 2.24) is 0 Å². The predicted molar refractivity (Wildman–Crippen MR) is 54.2 cm³/mol. The number of rotatable bonds is 3. The van der Waals surface area contributed by atoms with Crippen LogP contribution in [0.25, 0.3) is 0 Å². The zero-order valence-electron chi connectivity index (χ0n) is 7.84. The Morgan fingerprint density at radius 2 is 2.06 bits per heavy atom. The summed E-state index contributed by atoms with van der Waals surface area (Å²) in [6, 6.07) is 4.00. The van der Waals surface area contributed by atoms with Crippen molar-refractivity contribution in [2.45, 2.75) is 6.18 Å². The highest BCUT2D eigenvalue weighted by atomic mass is 79.9. The van der Waals surface area contributed by atoms with Crippen LogP contribution < -0.4 is 10.5 Å². The number of amides is 1. The van der Waals surface area contributed by atoms with Gasteiger partial charge in [-0.05, 0) is 18.2 Å². The second-order valence-corrected chi connectivity index (χ2v) is 3.82. The molecule has 1 rings (SSSR count). The number of hydrogen-bond donors (Lipinski definition) is 1. The number of ether oxygens (including phenoxy) is 1. The number of halogens is 4. The van der Waals surface area contributed by atoms with Gasteiger partial charge in [-0.1, -0.05) is 15.9 Å². The molecule has 1 aromatic rings. The Hall–Kier alpha value is -1.24. The van der Waals surface area contributed by atoms with Gasteiger partial charge >= 0.3 is 6.18 Å². The highest BCUT2D eigenvalue weighted by molar-refractivity contribution is 9.10. The van der Waals surface area contributed by atoms with Gasteiger partial charge in [0.1, 0.15) is 5.75 Å². The van der Waals surface area contributed by atoms with E-state index in [0.717, 1.165) is 0 Å². The molecule has 0 unspecified atom stereocenters. The molecule has 1 aromatic carbocycles. The molecule has 0 aromatic heterocycles. The molecule has 16 heavy (non-hydrogen) atoms. The number of hydrogen-bond acceptors (Lipinski definition) is 2. The van der Waals surface area contributed by atoms with Crippen LogP contribution in [0.4, 0.5) is 13.2 Å². The first-order valence-electron chi connectivity index (χ1n) is 4.08. The van der Waals surface area contributed by atoms with Crippen LogP contribution in [-0.2, 0) is 0 Å². The topological polar surface area (TPSA) is 52.3 Å². The van der Waals surface area contributed by atoms with Gasteiger partial charge in [0.25, 0.3) is 5.91 Å². The fraction of sp³-hybridized carbons (Fsp3) is 0.222.